The Kier molecular flexibility index (Phi) is 7.92. The number of guanidine groups is 1. The fourth-order valence-electron chi connectivity index (χ4n) is 3.46. The summed E-state index contributed by atoms with van der Waals surface area (Å²) in [5, 5.41) is 7.72. The summed E-state index contributed by atoms with van der Waals surface area (Å²) in [6.45, 7) is 11.5. The van der Waals surface area contributed by atoms with Crippen molar-refractivity contribution < 1.29 is 8.42 Å². The van der Waals surface area contributed by atoms with Crippen molar-refractivity contribution in [1.82, 2.24) is 20.0 Å². The van der Waals surface area contributed by atoms with Crippen LogP contribution in [0.2, 0.25) is 0 Å². The minimum Gasteiger partial charge on any atom is -0.355 e. The lowest BCUT2D eigenvalue weighted by molar-refractivity contribution is 0.475. The van der Waals surface area contributed by atoms with Gasteiger partial charge in [0.25, 0.3) is 0 Å². The second-order valence-corrected chi connectivity index (χ2v) is 11.4. The van der Waals surface area contributed by atoms with Gasteiger partial charge in [0.2, 0.25) is 0 Å². The van der Waals surface area contributed by atoms with E-state index >= 15 is 0 Å². The number of nitrogens with one attached hydrogen (secondary N) is 1. The maximum absolute atomic E-state index is 12.7. The molecule has 1 aromatic carbocycles. The Labute approximate surface area is 187 Å². The Hall–Kier alpha value is -2.35. The molecule has 0 aliphatic carbocycles. The van der Waals surface area contributed by atoms with Crippen molar-refractivity contribution in [3.05, 3.63) is 47.3 Å². The zero-order valence-corrected chi connectivity index (χ0v) is 20.9. The quantitative estimate of drug-likeness (QED) is 0.520. The Morgan fingerprint density at radius 1 is 1.23 bits per heavy atom. The van der Waals surface area contributed by atoms with Gasteiger partial charge in [-0.2, -0.15) is 5.10 Å². The summed E-state index contributed by atoms with van der Waals surface area (Å²) in [7, 11) is 2.18. The number of nitrogens with zero attached hydrogens (tertiary/aromatic N) is 4. The summed E-state index contributed by atoms with van der Waals surface area (Å²) in [6, 6.07) is 7.19. The molecule has 8 heteroatoms. The van der Waals surface area contributed by atoms with Crippen LogP contribution in [-0.4, -0.2) is 55.5 Å². The summed E-state index contributed by atoms with van der Waals surface area (Å²) in [4.78, 5) is 6.64. The fourth-order valence-corrected chi connectivity index (χ4v) is 4.61. The van der Waals surface area contributed by atoms with Crippen LogP contribution in [0.1, 0.15) is 57.4 Å². The van der Waals surface area contributed by atoms with E-state index < -0.39 is 9.84 Å². The largest absolute Gasteiger partial charge is 0.355 e. The minimum atomic E-state index is -3.37. The molecule has 0 aliphatic heterocycles. The van der Waals surface area contributed by atoms with E-state index in [1.165, 1.54) is 0 Å². The summed E-state index contributed by atoms with van der Waals surface area (Å²) in [5.74, 6) is 0.977. The van der Waals surface area contributed by atoms with Crippen LogP contribution in [0.4, 0.5) is 0 Å². The maximum Gasteiger partial charge on any atom is 0.193 e. The average Bonchev–Trinajstić information content (AvgIpc) is 3.05. The van der Waals surface area contributed by atoms with Crippen molar-refractivity contribution in [3.63, 3.8) is 0 Å². The van der Waals surface area contributed by atoms with Gasteiger partial charge in [0.1, 0.15) is 0 Å². The van der Waals surface area contributed by atoms with Crippen LogP contribution in [0.5, 0.6) is 0 Å². The van der Waals surface area contributed by atoms with E-state index in [4.69, 9.17) is 0 Å². The molecule has 0 atom stereocenters. The normalized spacial score (nSPS) is 13.0. The first-order chi connectivity index (χ1) is 14.3. The lowest BCUT2D eigenvalue weighted by atomic mass is 9.87. The van der Waals surface area contributed by atoms with Crippen LogP contribution in [0.15, 0.2) is 40.4 Å². The molecule has 1 heterocycles. The maximum atomic E-state index is 12.7. The van der Waals surface area contributed by atoms with Gasteiger partial charge < -0.3 is 10.2 Å². The smallest absolute Gasteiger partial charge is 0.193 e. The zero-order chi connectivity index (χ0) is 23.4. The predicted octanol–water partition coefficient (Wildman–Crippen LogP) is 3.32. The first-order valence-corrected chi connectivity index (χ1v) is 12.3. The molecule has 0 amide bonds. The third kappa shape index (κ3) is 6.56. The second-order valence-electron chi connectivity index (χ2n) is 9.29. The monoisotopic (exact) mass is 447 g/mol. The van der Waals surface area contributed by atoms with Crippen molar-refractivity contribution in [2.45, 2.75) is 57.4 Å². The number of aliphatic imine (C=N–C) groups is 1. The summed E-state index contributed by atoms with van der Waals surface area (Å²) in [5.41, 5.74) is 3.30. The van der Waals surface area contributed by atoms with Crippen molar-refractivity contribution in [2.24, 2.45) is 12.0 Å². The van der Waals surface area contributed by atoms with Crippen LogP contribution < -0.4 is 5.32 Å². The van der Waals surface area contributed by atoms with E-state index in [9.17, 15) is 8.42 Å². The van der Waals surface area contributed by atoms with Crippen molar-refractivity contribution in [1.29, 1.82) is 0 Å². The van der Waals surface area contributed by atoms with E-state index in [1.54, 1.807) is 19.2 Å². The molecular formula is C23H37N5O2S. The molecule has 0 radical (unpaired) electrons. The molecular weight excluding hydrogens is 410 g/mol. The number of aryl methyl sites for hydroxylation is 1. The van der Waals surface area contributed by atoms with E-state index in [-0.39, 0.29) is 17.7 Å². The van der Waals surface area contributed by atoms with Gasteiger partial charge >= 0.3 is 0 Å². The van der Waals surface area contributed by atoms with Gasteiger partial charge in [0, 0.05) is 46.0 Å². The summed E-state index contributed by atoms with van der Waals surface area (Å²) >= 11 is 0. The molecule has 2 aromatic rings. The standard InChI is InChI=1S/C23H37N5O2S/c1-17(2)21-18(16-28(8)26-21)15-27(7)22(24-6)25-13-14-31(29,30)20-11-9-19(10-12-20)23(3,4)5/h9-12,16-17H,13-15H2,1-8H3,(H,24,25). The van der Waals surface area contributed by atoms with E-state index in [0.717, 1.165) is 16.8 Å². The number of hydrogen-bond acceptors (Lipinski definition) is 4. The topological polar surface area (TPSA) is 79.6 Å². The number of benzene rings is 1. The van der Waals surface area contributed by atoms with Crippen molar-refractivity contribution in [2.75, 3.05) is 26.4 Å². The molecule has 0 saturated heterocycles. The Morgan fingerprint density at radius 3 is 2.35 bits per heavy atom. The fraction of sp³-hybridized carbons (Fsp3) is 0.565. The summed E-state index contributed by atoms with van der Waals surface area (Å²) in [6.07, 6.45) is 2.02. The van der Waals surface area contributed by atoms with Crippen LogP contribution in [0, 0.1) is 0 Å². The second kappa shape index (κ2) is 9.85. The molecule has 0 aliphatic rings. The first kappa shape index (κ1) is 24.9. The number of sulfone groups is 1. The Bertz CT molecular complexity index is 1000. The molecule has 0 saturated carbocycles. The summed E-state index contributed by atoms with van der Waals surface area (Å²) < 4.78 is 27.3. The molecule has 0 fully saturated rings. The van der Waals surface area contributed by atoms with Gasteiger partial charge in [-0.05, 0) is 29.0 Å². The molecule has 172 valence electrons. The number of rotatable bonds is 7. The van der Waals surface area contributed by atoms with Gasteiger partial charge in [-0.3, -0.25) is 9.67 Å². The SMILES string of the molecule is CN=C(NCCS(=O)(=O)c1ccc(C(C)(C)C)cc1)N(C)Cc1cn(C)nc1C(C)C. The minimum absolute atomic E-state index is 0.00113. The average molecular weight is 448 g/mol. The van der Waals surface area contributed by atoms with Gasteiger partial charge in [-0.15, -0.1) is 0 Å². The lowest BCUT2D eigenvalue weighted by Crippen LogP contribution is -2.40. The van der Waals surface area contributed by atoms with Gasteiger partial charge in [0.05, 0.1) is 16.3 Å². The van der Waals surface area contributed by atoms with Gasteiger partial charge in [-0.1, -0.05) is 46.8 Å². The molecule has 2 rings (SSSR count). The highest BCUT2D eigenvalue weighted by Crippen LogP contribution is 2.23. The van der Waals surface area contributed by atoms with E-state index in [1.807, 2.05) is 42.0 Å². The van der Waals surface area contributed by atoms with E-state index in [2.05, 4.69) is 50.0 Å². The number of hydrogen-bond donors (Lipinski definition) is 1. The highest BCUT2D eigenvalue weighted by atomic mass is 32.2. The van der Waals surface area contributed by atoms with Gasteiger partial charge in [0.15, 0.2) is 15.8 Å². The highest BCUT2D eigenvalue weighted by Gasteiger charge is 2.19. The van der Waals surface area contributed by atoms with Crippen LogP contribution >= 0.6 is 0 Å². The van der Waals surface area contributed by atoms with Crippen LogP contribution in [0.3, 0.4) is 0 Å². The molecule has 0 unspecified atom stereocenters. The Balaban J connectivity index is 1.99. The molecule has 0 spiro atoms. The lowest BCUT2D eigenvalue weighted by Gasteiger charge is -2.22. The van der Waals surface area contributed by atoms with Crippen molar-refractivity contribution >= 4 is 15.8 Å². The van der Waals surface area contributed by atoms with E-state index in [0.29, 0.717) is 23.3 Å². The molecule has 0 bridgehead atoms. The zero-order valence-electron chi connectivity index (χ0n) is 20.1. The molecule has 31 heavy (non-hydrogen) atoms. The third-order valence-electron chi connectivity index (χ3n) is 5.20. The third-order valence-corrected chi connectivity index (χ3v) is 6.93. The van der Waals surface area contributed by atoms with Gasteiger partial charge in [-0.25, -0.2) is 8.42 Å². The van der Waals surface area contributed by atoms with Crippen molar-refractivity contribution in [3.8, 4) is 0 Å². The highest BCUT2D eigenvalue weighted by molar-refractivity contribution is 7.91. The molecule has 1 N–H and O–H groups in total. The molecule has 7 nitrogen and oxygen atoms in total. The number of aromatic nitrogens is 2. The molecule has 1 aromatic heterocycles. The van der Waals surface area contributed by atoms with Crippen LogP contribution in [-0.2, 0) is 28.8 Å². The Morgan fingerprint density at radius 2 is 1.84 bits per heavy atom. The predicted molar refractivity (Wildman–Crippen MR) is 127 cm³/mol. The first-order valence-electron chi connectivity index (χ1n) is 10.6. The van der Waals surface area contributed by atoms with Crippen LogP contribution in [0.25, 0.3) is 0 Å².